The average molecular weight is 276 g/mol. The Morgan fingerprint density at radius 3 is 2.42 bits per heavy atom. The van der Waals surface area contributed by atoms with Crippen LogP contribution in [0, 0.1) is 0 Å². The van der Waals surface area contributed by atoms with Gasteiger partial charge in [0.2, 0.25) is 0 Å². The lowest BCUT2D eigenvalue weighted by Crippen LogP contribution is -2.48. The lowest BCUT2D eigenvalue weighted by atomic mass is 10.1. The molecule has 0 amide bonds. The van der Waals surface area contributed by atoms with E-state index in [2.05, 4.69) is 30.7 Å². The summed E-state index contributed by atoms with van der Waals surface area (Å²) in [6, 6.07) is 5.64. The van der Waals surface area contributed by atoms with Crippen molar-refractivity contribution >= 4 is 24.3 Å². The Balaban J connectivity index is 2.75. The molecule has 0 aromatic carbocycles. The molecule has 0 saturated heterocycles. The van der Waals surface area contributed by atoms with Gasteiger partial charge in [-0.3, -0.25) is 4.98 Å². The van der Waals surface area contributed by atoms with Crippen LogP contribution in [0.2, 0.25) is 18.1 Å². The molecule has 19 heavy (non-hydrogen) atoms. The Bertz CT molecular complexity index is 550. The molecular formula is C15H24N2OSi. The van der Waals surface area contributed by atoms with Crippen LogP contribution in [0.4, 0.5) is 0 Å². The second kappa shape index (κ2) is 5.47. The minimum atomic E-state index is -1.53. The first-order chi connectivity index (χ1) is 9.09. The molecule has 0 aliphatic heterocycles. The van der Waals surface area contributed by atoms with E-state index < -0.39 is 14.2 Å². The van der Waals surface area contributed by atoms with Crippen molar-refractivity contribution in [2.24, 2.45) is 0 Å². The van der Waals surface area contributed by atoms with Gasteiger partial charge in [-0.1, -0.05) is 38.9 Å². The van der Waals surface area contributed by atoms with Crippen LogP contribution in [0.1, 0.15) is 39.4 Å². The second-order valence-corrected chi connectivity index (χ2v) is 10.5. The molecule has 2 N–H and O–H groups in total. The van der Waals surface area contributed by atoms with E-state index >= 15 is 0 Å². The molecule has 0 saturated carbocycles. The van der Waals surface area contributed by atoms with E-state index in [1.807, 2.05) is 19.2 Å². The van der Waals surface area contributed by atoms with Crippen LogP contribution in [0.15, 0.2) is 18.5 Å². The van der Waals surface area contributed by atoms with Crippen molar-refractivity contribution in [3.8, 4) is 0 Å². The van der Waals surface area contributed by atoms with Crippen molar-refractivity contribution in [2.45, 2.75) is 51.9 Å². The molecule has 4 heteroatoms. The first-order valence-electron chi connectivity index (χ1n) is 7.23. The fraction of sp³-hybridized carbons (Fsp3) is 0.533. The summed E-state index contributed by atoms with van der Waals surface area (Å²) in [7, 11) is -1.53. The Hall–Kier alpha value is -1.13. The van der Waals surface area contributed by atoms with Crippen molar-refractivity contribution < 1.29 is 5.11 Å². The predicted molar refractivity (Wildman–Crippen MR) is 83.6 cm³/mol. The Morgan fingerprint density at radius 2 is 1.89 bits per heavy atom. The number of nitrogens with zero attached hydrogens (tertiary/aromatic N) is 1. The van der Waals surface area contributed by atoms with Crippen LogP contribution in [0.5, 0.6) is 0 Å². The number of H-pyrrole nitrogens is 1. The molecular weight excluding hydrogens is 252 g/mol. The van der Waals surface area contributed by atoms with Gasteiger partial charge in [0.25, 0.3) is 0 Å². The van der Waals surface area contributed by atoms with Gasteiger partial charge in [-0.05, 0) is 13.0 Å². The highest BCUT2D eigenvalue weighted by atomic mass is 28.3. The van der Waals surface area contributed by atoms with Crippen LogP contribution >= 0.6 is 0 Å². The number of aromatic amines is 1. The SMILES string of the molecule is CC[Si](CC)(CC)c1[nH]c2cnccc2c1C(C)O. The number of aliphatic hydroxyl groups excluding tert-OH is 1. The van der Waals surface area contributed by atoms with Crippen LogP contribution < -0.4 is 5.32 Å². The van der Waals surface area contributed by atoms with Crippen molar-refractivity contribution in [2.75, 3.05) is 0 Å². The molecule has 2 heterocycles. The highest BCUT2D eigenvalue weighted by Crippen LogP contribution is 2.29. The molecule has 1 atom stereocenters. The van der Waals surface area contributed by atoms with E-state index in [4.69, 9.17) is 0 Å². The summed E-state index contributed by atoms with van der Waals surface area (Å²) >= 11 is 0. The predicted octanol–water partition coefficient (Wildman–Crippen LogP) is 3.33. The van der Waals surface area contributed by atoms with E-state index in [0.29, 0.717) is 0 Å². The fourth-order valence-electron chi connectivity index (χ4n) is 3.20. The van der Waals surface area contributed by atoms with Gasteiger partial charge in [-0.25, -0.2) is 0 Å². The van der Waals surface area contributed by atoms with Gasteiger partial charge < -0.3 is 10.1 Å². The van der Waals surface area contributed by atoms with Crippen LogP contribution in [0.3, 0.4) is 0 Å². The van der Waals surface area contributed by atoms with E-state index in [1.54, 1.807) is 6.20 Å². The van der Waals surface area contributed by atoms with Gasteiger partial charge in [-0.2, -0.15) is 0 Å². The van der Waals surface area contributed by atoms with Gasteiger partial charge in [0.1, 0.15) is 8.07 Å². The summed E-state index contributed by atoms with van der Waals surface area (Å²) in [5.74, 6) is 0. The summed E-state index contributed by atoms with van der Waals surface area (Å²) in [5, 5.41) is 12.7. The number of pyridine rings is 1. The molecule has 0 aliphatic carbocycles. The summed E-state index contributed by atoms with van der Waals surface area (Å²) in [6.45, 7) is 8.73. The number of hydrogen-bond donors (Lipinski definition) is 2. The largest absolute Gasteiger partial charge is 0.389 e. The van der Waals surface area contributed by atoms with Crippen molar-refractivity contribution in [3.63, 3.8) is 0 Å². The maximum absolute atomic E-state index is 10.2. The zero-order valence-electron chi connectivity index (χ0n) is 12.3. The molecule has 2 aromatic rings. The molecule has 0 spiro atoms. The lowest BCUT2D eigenvalue weighted by molar-refractivity contribution is 0.202. The normalized spacial score (nSPS) is 13.9. The Kier molecular flexibility index (Phi) is 4.11. The van der Waals surface area contributed by atoms with Crippen molar-refractivity contribution in [1.82, 2.24) is 9.97 Å². The van der Waals surface area contributed by atoms with Crippen molar-refractivity contribution in [1.29, 1.82) is 0 Å². The van der Waals surface area contributed by atoms with E-state index in [0.717, 1.165) is 16.5 Å². The highest BCUT2D eigenvalue weighted by molar-refractivity contribution is 6.91. The molecule has 1 unspecified atom stereocenters. The maximum Gasteiger partial charge on any atom is 0.107 e. The average Bonchev–Trinajstić information content (AvgIpc) is 2.81. The van der Waals surface area contributed by atoms with Crippen LogP contribution in [-0.2, 0) is 0 Å². The number of fused-ring (bicyclic) bond motifs is 1. The molecule has 0 radical (unpaired) electrons. The molecule has 0 fully saturated rings. The smallest absolute Gasteiger partial charge is 0.107 e. The minimum absolute atomic E-state index is 0.428. The third kappa shape index (κ3) is 2.23. The molecule has 0 aliphatic rings. The third-order valence-corrected chi connectivity index (χ3v) is 10.1. The first kappa shape index (κ1) is 14.3. The van der Waals surface area contributed by atoms with Gasteiger partial charge in [0, 0.05) is 22.5 Å². The number of aliphatic hydroxyl groups is 1. The summed E-state index contributed by atoms with van der Waals surface area (Å²) < 4.78 is 0. The van der Waals surface area contributed by atoms with Gasteiger partial charge in [0.05, 0.1) is 17.8 Å². The van der Waals surface area contributed by atoms with Crippen LogP contribution in [-0.4, -0.2) is 23.1 Å². The maximum atomic E-state index is 10.2. The monoisotopic (exact) mass is 276 g/mol. The third-order valence-electron chi connectivity index (χ3n) is 4.62. The summed E-state index contributed by atoms with van der Waals surface area (Å²) in [4.78, 5) is 7.77. The summed E-state index contributed by atoms with van der Waals surface area (Å²) in [5.41, 5.74) is 2.16. The second-order valence-electron chi connectivity index (χ2n) is 5.35. The number of aromatic nitrogens is 2. The summed E-state index contributed by atoms with van der Waals surface area (Å²) in [6.07, 6.45) is 3.24. The number of nitrogens with one attached hydrogen (secondary N) is 1. The van der Waals surface area contributed by atoms with Gasteiger partial charge in [0.15, 0.2) is 0 Å². The van der Waals surface area contributed by atoms with Crippen molar-refractivity contribution in [3.05, 3.63) is 24.0 Å². The fourth-order valence-corrected chi connectivity index (χ4v) is 7.07. The standard InChI is InChI=1S/C15H24N2OSi/c1-5-19(6-2,7-3)15-14(11(4)18)12-8-9-16-10-13(12)17-15/h8-11,17-18H,5-7H2,1-4H3. The lowest BCUT2D eigenvalue weighted by Gasteiger charge is -2.29. The van der Waals surface area contributed by atoms with Gasteiger partial charge >= 0.3 is 0 Å². The highest BCUT2D eigenvalue weighted by Gasteiger charge is 2.34. The zero-order chi connectivity index (χ0) is 14.0. The van der Waals surface area contributed by atoms with Gasteiger partial charge in [-0.15, -0.1) is 0 Å². The first-order valence-corrected chi connectivity index (χ1v) is 9.85. The quantitative estimate of drug-likeness (QED) is 0.823. The molecule has 2 aromatic heterocycles. The van der Waals surface area contributed by atoms with E-state index in [9.17, 15) is 5.11 Å². The van der Waals surface area contributed by atoms with E-state index in [-0.39, 0.29) is 0 Å². The number of rotatable bonds is 5. The molecule has 104 valence electrons. The molecule has 0 bridgehead atoms. The molecule has 3 nitrogen and oxygen atoms in total. The topological polar surface area (TPSA) is 48.9 Å². The number of hydrogen-bond acceptors (Lipinski definition) is 2. The minimum Gasteiger partial charge on any atom is -0.389 e. The van der Waals surface area contributed by atoms with E-state index in [1.165, 1.54) is 23.4 Å². The Morgan fingerprint density at radius 1 is 1.26 bits per heavy atom. The Labute approximate surface area is 116 Å². The zero-order valence-corrected chi connectivity index (χ0v) is 13.3. The van der Waals surface area contributed by atoms with Crippen LogP contribution in [0.25, 0.3) is 10.9 Å². The molecule has 2 rings (SSSR count).